The van der Waals surface area contributed by atoms with Crippen LogP contribution < -0.4 is 10.5 Å². The fraction of sp³-hybridized carbons (Fsp3) is 0.462. The van der Waals surface area contributed by atoms with Crippen LogP contribution in [0, 0.1) is 5.41 Å². The van der Waals surface area contributed by atoms with Crippen molar-refractivity contribution in [2.24, 2.45) is 5.41 Å². The Balaban J connectivity index is 3.19. The van der Waals surface area contributed by atoms with E-state index in [-0.39, 0.29) is 29.3 Å². The van der Waals surface area contributed by atoms with Crippen LogP contribution in [0.2, 0.25) is 0 Å². The fourth-order valence-corrected chi connectivity index (χ4v) is 2.93. The molecule has 1 aromatic rings. The third-order valence-corrected chi connectivity index (χ3v) is 4.31. The summed E-state index contributed by atoms with van der Waals surface area (Å²) in [6.07, 6.45) is 0. The standard InChI is InChI=1S/C13H20N2O5S/c1-13(2,8-16)7-15-21(18,19)11-6-9(14)4-5-10(11)12(17)20-3/h4-6,15-16H,7-8,14H2,1-3H3. The molecule has 7 nitrogen and oxygen atoms in total. The summed E-state index contributed by atoms with van der Waals surface area (Å²) in [6.45, 7) is 3.24. The predicted molar refractivity (Wildman–Crippen MR) is 78.2 cm³/mol. The molecule has 1 aromatic carbocycles. The van der Waals surface area contributed by atoms with Crippen LogP contribution in [0.3, 0.4) is 0 Å². The van der Waals surface area contributed by atoms with Crippen molar-refractivity contribution in [3.63, 3.8) is 0 Å². The van der Waals surface area contributed by atoms with Gasteiger partial charge in [0.1, 0.15) is 0 Å². The molecule has 0 bridgehead atoms. The Morgan fingerprint density at radius 1 is 1.43 bits per heavy atom. The third-order valence-electron chi connectivity index (χ3n) is 2.87. The van der Waals surface area contributed by atoms with Gasteiger partial charge in [0.05, 0.1) is 17.6 Å². The number of carbonyl (C=O) groups excluding carboxylic acids is 1. The lowest BCUT2D eigenvalue weighted by molar-refractivity contribution is 0.0596. The number of nitrogen functional groups attached to an aromatic ring is 1. The quantitative estimate of drug-likeness (QED) is 0.515. The molecule has 0 aliphatic carbocycles. The van der Waals surface area contributed by atoms with Crippen LogP contribution >= 0.6 is 0 Å². The van der Waals surface area contributed by atoms with E-state index in [1.54, 1.807) is 13.8 Å². The minimum atomic E-state index is -3.95. The average Bonchev–Trinajstić information content (AvgIpc) is 2.44. The number of nitrogens with two attached hydrogens (primary N) is 1. The van der Waals surface area contributed by atoms with Gasteiger partial charge in [0.15, 0.2) is 0 Å². The van der Waals surface area contributed by atoms with Crippen molar-refractivity contribution >= 4 is 21.7 Å². The van der Waals surface area contributed by atoms with Crippen LogP contribution in [0.1, 0.15) is 24.2 Å². The number of sulfonamides is 1. The lowest BCUT2D eigenvalue weighted by Crippen LogP contribution is -2.36. The maximum Gasteiger partial charge on any atom is 0.339 e. The smallest absolute Gasteiger partial charge is 0.339 e. The summed E-state index contributed by atoms with van der Waals surface area (Å²) in [5.74, 6) is -0.767. The number of aliphatic hydroxyl groups excluding tert-OH is 1. The Morgan fingerprint density at radius 3 is 2.57 bits per heavy atom. The monoisotopic (exact) mass is 316 g/mol. The van der Waals surface area contributed by atoms with Crippen molar-refractivity contribution in [3.8, 4) is 0 Å². The van der Waals surface area contributed by atoms with E-state index in [1.807, 2.05) is 0 Å². The minimum absolute atomic E-state index is 0.0151. The van der Waals surface area contributed by atoms with Gasteiger partial charge in [-0.05, 0) is 18.2 Å². The zero-order valence-electron chi connectivity index (χ0n) is 12.2. The summed E-state index contributed by atoms with van der Waals surface area (Å²) in [5, 5.41) is 9.16. The van der Waals surface area contributed by atoms with Crippen LogP contribution in [-0.4, -0.2) is 39.8 Å². The molecule has 4 N–H and O–H groups in total. The number of aliphatic hydroxyl groups is 1. The maximum atomic E-state index is 12.3. The molecular formula is C13H20N2O5S. The van der Waals surface area contributed by atoms with E-state index in [9.17, 15) is 13.2 Å². The molecule has 21 heavy (non-hydrogen) atoms. The molecule has 0 spiro atoms. The van der Waals surface area contributed by atoms with Crippen LogP contribution in [0.25, 0.3) is 0 Å². The average molecular weight is 316 g/mol. The predicted octanol–water partition coefficient (Wildman–Crippen LogP) is 0.352. The first-order chi connectivity index (χ1) is 9.63. The number of anilines is 1. The van der Waals surface area contributed by atoms with Crippen molar-refractivity contribution in [1.82, 2.24) is 4.72 Å². The lowest BCUT2D eigenvalue weighted by atomic mass is 9.96. The molecule has 118 valence electrons. The Hall–Kier alpha value is -1.64. The number of methoxy groups -OCH3 is 1. The molecule has 0 aliphatic heterocycles. The van der Waals surface area contributed by atoms with Crippen molar-refractivity contribution in [1.29, 1.82) is 0 Å². The second-order valence-electron chi connectivity index (χ2n) is 5.39. The van der Waals surface area contributed by atoms with Crippen LogP contribution in [0.15, 0.2) is 23.1 Å². The molecule has 0 saturated carbocycles. The molecule has 0 amide bonds. The number of nitrogens with one attached hydrogen (secondary N) is 1. The highest BCUT2D eigenvalue weighted by molar-refractivity contribution is 7.89. The van der Waals surface area contributed by atoms with E-state index in [2.05, 4.69) is 9.46 Å². The molecule has 0 aliphatic rings. The van der Waals surface area contributed by atoms with Gasteiger partial charge < -0.3 is 15.6 Å². The van der Waals surface area contributed by atoms with E-state index >= 15 is 0 Å². The van der Waals surface area contributed by atoms with Crippen LogP contribution in [-0.2, 0) is 14.8 Å². The molecule has 1 rings (SSSR count). The first-order valence-electron chi connectivity index (χ1n) is 6.21. The molecule has 0 fully saturated rings. The number of hydrogen-bond donors (Lipinski definition) is 3. The Kier molecular flexibility index (Phi) is 5.32. The van der Waals surface area contributed by atoms with Gasteiger partial charge in [-0.15, -0.1) is 0 Å². The van der Waals surface area contributed by atoms with Gasteiger partial charge in [0.2, 0.25) is 10.0 Å². The van der Waals surface area contributed by atoms with Gasteiger partial charge in [-0.2, -0.15) is 0 Å². The summed E-state index contributed by atoms with van der Waals surface area (Å²) in [6, 6.07) is 3.91. The molecule has 8 heteroatoms. The molecule has 0 unspecified atom stereocenters. The summed E-state index contributed by atoms with van der Waals surface area (Å²) in [4.78, 5) is 11.4. The Bertz CT molecular complexity index is 625. The van der Waals surface area contributed by atoms with Crippen molar-refractivity contribution in [2.45, 2.75) is 18.7 Å². The first kappa shape index (κ1) is 17.4. The second kappa shape index (κ2) is 6.42. The molecular weight excluding hydrogens is 296 g/mol. The third kappa shape index (κ3) is 4.42. The molecule has 0 aromatic heterocycles. The van der Waals surface area contributed by atoms with E-state index in [1.165, 1.54) is 18.2 Å². The van der Waals surface area contributed by atoms with E-state index in [4.69, 9.17) is 10.8 Å². The Labute approximate surface area is 124 Å². The number of benzene rings is 1. The number of hydrogen-bond acceptors (Lipinski definition) is 6. The van der Waals surface area contributed by atoms with Crippen molar-refractivity contribution < 1.29 is 23.1 Å². The lowest BCUT2D eigenvalue weighted by Gasteiger charge is -2.22. The van der Waals surface area contributed by atoms with Crippen LogP contribution in [0.5, 0.6) is 0 Å². The van der Waals surface area contributed by atoms with Gasteiger partial charge in [0, 0.05) is 24.3 Å². The van der Waals surface area contributed by atoms with E-state index in [0.29, 0.717) is 0 Å². The zero-order valence-corrected chi connectivity index (χ0v) is 13.0. The topological polar surface area (TPSA) is 119 Å². The number of ether oxygens (including phenoxy) is 1. The minimum Gasteiger partial charge on any atom is -0.465 e. The highest BCUT2D eigenvalue weighted by atomic mass is 32.2. The molecule has 0 heterocycles. The SMILES string of the molecule is COC(=O)c1ccc(N)cc1S(=O)(=O)NCC(C)(C)CO. The number of rotatable bonds is 6. The number of carbonyl (C=O) groups is 1. The summed E-state index contributed by atoms with van der Waals surface area (Å²) >= 11 is 0. The molecule has 0 atom stereocenters. The van der Waals surface area contributed by atoms with Crippen LogP contribution in [0.4, 0.5) is 5.69 Å². The second-order valence-corrected chi connectivity index (χ2v) is 7.13. The Morgan fingerprint density at radius 2 is 2.05 bits per heavy atom. The summed E-state index contributed by atoms with van der Waals surface area (Å²) in [5.41, 5.74) is 5.08. The van der Waals surface area contributed by atoms with Gasteiger partial charge in [-0.3, -0.25) is 0 Å². The molecule has 0 radical (unpaired) electrons. The normalized spacial score (nSPS) is 12.2. The largest absolute Gasteiger partial charge is 0.465 e. The van der Waals surface area contributed by atoms with E-state index < -0.39 is 21.4 Å². The van der Waals surface area contributed by atoms with Crippen molar-refractivity contribution in [2.75, 3.05) is 26.0 Å². The zero-order chi connectivity index (χ0) is 16.3. The van der Waals surface area contributed by atoms with Crippen molar-refractivity contribution in [3.05, 3.63) is 23.8 Å². The maximum absolute atomic E-state index is 12.3. The number of esters is 1. The van der Waals surface area contributed by atoms with Gasteiger partial charge in [-0.1, -0.05) is 13.8 Å². The van der Waals surface area contributed by atoms with Gasteiger partial charge in [-0.25, -0.2) is 17.9 Å². The summed E-state index contributed by atoms with van der Waals surface area (Å²) in [7, 11) is -2.79. The fourth-order valence-electron chi connectivity index (χ4n) is 1.46. The highest BCUT2D eigenvalue weighted by Crippen LogP contribution is 2.21. The van der Waals surface area contributed by atoms with Gasteiger partial charge >= 0.3 is 5.97 Å². The summed E-state index contributed by atoms with van der Waals surface area (Å²) < 4.78 is 31.6. The van der Waals surface area contributed by atoms with E-state index in [0.717, 1.165) is 7.11 Å². The van der Waals surface area contributed by atoms with Gasteiger partial charge in [0.25, 0.3) is 0 Å². The molecule has 0 saturated heterocycles. The highest BCUT2D eigenvalue weighted by Gasteiger charge is 2.26. The first-order valence-corrected chi connectivity index (χ1v) is 7.69.